The van der Waals surface area contributed by atoms with E-state index in [0.29, 0.717) is 11.5 Å². The predicted octanol–water partition coefficient (Wildman–Crippen LogP) is 1.73. The molecule has 2 heterocycles. The Balaban J connectivity index is 2.41. The van der Waals surface area contributed by atoms with Crippen LogP contribution in [0.4, 0.5) is 0 Å². The molecule has 2 aromatic heterocycles. The van der Waals surface area contributed by atoms with Gasteiger partial charge < -0.3 is 14.1 Å². The molecule has 2 rings (SSSR count). The fourth-order valence-electron chi connectivity index (χ4n) is 1.95. The third-order valence-electron chi connectivity index (χ3n) is 3.53. The van der Waals surface area contributed by atoms with Crippen LogP contribution in [0.1, 0.15) is 50.3 Å². The molecule has 0 bridgehead atoms. The quantitative estimate of drug-likeness (QED) is 0.918. The summed E-state index contributed by atoms with van der Waals surface area (Å²) in [5, 5.41) is 8.09. The second kappa shape index (κ2) is 5.51. The number of imidazole rings is 1. The Kier molecular flexibility index (Phi) is 4.18. The highest BCUT2D eigenvalue weighted by Crippen LogP contribution is 2.30. The average Bonchev–Trinajstić information content (AvgIpc) is 3.03. The van der Waals surface area contributed by atoms with Crippen molar-refractivity contribution in [2.24, 2.45) is 7.05 Å². The molecule has 0 unspecified atom stereocenters. The van der Waals surface area contributed by atoms with Crippen LogP contribution in [0.15, 0.2) is 22.0 Å². The highest BCUT2D eigenvalue weighted by atomic mass is 32.2. The van der Waals surface area contributed by atoms with E-state index in [1.54, 1.807) is 13.2 Å². The number of oxazole rings is 1. The topological polar surface area (TPSA) is 98.2 Å². The molecule has 122 valence electrons. The molecule has 2 aromatic rings. The predicted molar refractivity (Wildman–Crippen MR) is 79.9 cm³/mol. The van der Waals surface area contributed by atoms with Crippen molar-refractivity contribution in [1.82, 2.24) is 14.5 Å². The van der Waals surface area contributed by atoms with E-state index in [1.807, 2.05) is 20.8 Å². The highest BCUT2D eigenvalue weighted by molar-refractivity contribution is 7.91. The van der Waals surface area contributed by atoms with Gasteiger partial charge in [-0.25, -0.2) is 18.4 Å². The van der Waals surface area contributed by atoms with Gasteiger partial charge in [0.25, 0.3) is 0 Å². The Bertz CT molecular complexity index is 768. The minimum atomic E-state index is -3.76. The number of sulfone groups is 1. The number of aromatic nitrogens is 3. The molecule has 0 aliphatic heterocycles. The van der Waals surface area contributed by atoms with Crippen LogP contribution in [0.2, 0.25) is 0 Å². The van der Waals surface area contributed by atoms with Crippen LogP contribution in [0.3, 0.4) is 0 Å². The Morgan fingerprint density at radius 2 is 1.95 bits per heavy atom. The van der Waals surface area contributed by atoms with Crippen LogP contribution >= 0.6 is 0 Å². The lowest BCUT2D eigenvalue weighted by Crippen LogP contribution is -2.16. The van der Waals surface area contributed by atoms with E-state index in [0.717, 1.165) is 0 Å². The molecule has 22 heavy (non-hydrogen) atoms. The van der Waals surface area contributed by atoms with Crippen LogP contribution in [0.5, 0.6) is 0 Å². The molecule has 1 N–H and O–H groups in total. The Morgan fingerprint density at radius 3 is 2.41 bits per heavy atom. The van der Waals surface area contributed by atoms with Crippen molar-refractivity contribution in [1.29, 1.82) is 0 Å². The van der Waals surface area contributed by atoms with Crippen LogP contribution < -0.4 is 0 Å². The smallest absolute Gasteiger partial charge is 0.228 e. The zero-order chi connectivity index (χ0) is 16.7. The lowest BCUT2D eigenvalue weighted by Gasteiger charge is -2.14. The first-order valence-corrected chi connectivity index (χ1v) is 8.45. The monoisotopic (exact) mass is 327 g/mol. The lowest BCUT2D eigenvalue weighted by molar-refractivity contribution is 0.271. The summed E-state index contributed by atoms with van der Waals surface area (Å²) in [5.41, 5.74) is 0.177. The summed E-state index contributed by atoms with van der Waals surface area (Å²) in [5.74, 6) is 0.763. The number of rotatable bonds is 4. The fourth-order valence-corrected chi connectivity index (χ4v) is 3.34. The molecule has 0 amide bonds. The summed E-state index contributed by atoms with van der Waals surface area (Å²) >= 11 is 0. The number of hydrogen-bond acceptors (Lipinski definition) is 6. The molecule has 0 aromatic carbocycles. The van der Waals surface area contributed by atoms with Gasteiger partial charge in [0.2, 0.25) is 20.9 Å². The number of aliphatic hydroxyl groups excluding tert-OH is 1. The van der Waals surface area contributed by atoms with Crippen molar-refractivity contribution in [2.75, 3.05) is 0 Å². The summed E-state index contributed by atoms with van der Waals surface area (Å²) in [4.78, 5) is 8.00. The summed E-state index contributed by atoms with van der Waals surface area (Å²) in [6, 6.07) is 0. The third kappa shape index (κ3) is 2.80. The van der Waals surface area contributed by atoms with Gasteiger partial charge in [-0.2, -0.15) is 0 Å². The molecular formula is C14H21N3O4S. The van der Waals surface area contributed by atoms with Crippen LogP contribution in [-0.4, -0.2) is 28.1 Å². The Morgan fingerprint density at radius 1 is 1.32 bits per heavy atom. The van der Waals surface area contributed by atoms with Crippen molar-refractivity contribution >= 4 is 9.84 Å². The SMILES string of the molecule is C[C@@H](c1ncc(C(C)(C)C)o1)S(=O)(=O)c1ncc(CO)n1C. The molecule has 1 atom stereocenters. The molecule has 0 saturated heterocycles. The first kappa shape index (κ1) is 16.7. The van der Waals surface area contributed by atoms with Gasteiger partial charge >= 0.3 is 0 Å². The van der Waals surface area contributed by atoms with E-state index < -0.39 is 15.1 Å². The zero-order valence-electron chi connectivity index (χ0n) is 13.4. The lowest BCUT2D eigenvalue weighted by atomic mass is 9.94. The molecule has 0 spiro atoms. The van der Waals surface area contributed by atoms with Gasteiger partial charge in [-0.15, -0.1) is 0 Å². The molecule has 0 aliphatic carbocycles. The van der Waals surface area contributed by atoms with Gasteiger partial charge in [0.15, 0.2) is 0 Å². The molecule has 0 radical (unpaired) electrons. The average molecular weight is 327 g/mol. The number of nitrogens with zero attached hydrogens (tertiary/aromatic N) is 3. The van der Waals surface area contributed by atoms with E-state index in [9.17, 15) is 8.42 Å². The van der Waals surface area contributed by atoms with Crippen molar-refractivity contribution < 1.29 is 17.9 Å². The summed E-state index contributed by atoms with van der Waals surface area (Å²) in [6.45, 7) is 7.12. The van der Waals surface area contributed by atoms with Crippen molar-refractivity contribution in [3.05, 3.63) is 29.7 Å². The second-order valence-corrected chi connectivity index (χ2v) is 8.41. The van der Waals surface area contributed by atoms with E-state index in [4.69, 9.17) is 9.52 Å². The summed E-state index contributed by atoms with van der Waals surface area (Å²) in [7, 11) is -2.21. The molecular weight excluding hydrogens is 306 g/mol. The van der Waals surface area contributed by atoms with E-state index in [-0.39, 0.29) is 23.1 Å². The van der Waals surface area contributed by atoms with Gasteiger partial charge in [0.1, 0.15) is 11.0 Å². The maximum Gasteiger partial charge on any atom is 0.228 e. The maximum atomic E-state index is 12.7. The Hall–Kier alpha value is -1.67. The van der Waals surface area contributed by atoms with Crippen molar-refractivity contribution in [3.63, 3.8) is 0 Å². The minimum Gasteiger partial charge on any atom is -0.444 e. The molecule has 0 saturated carbocycles. The molecule has 8 heteroatoms. The minimum absolute atomic E-state index is 0.112. The molecule has 7 nitrogen and oxygen atoms in total. The zero-order valence-corrected chi connectivity index (χ0v) is 14.2. The van der Waals surface area contributed by atoms with Gasteiger partial charge in [-0.3, -0.25) is 0 Å². The van der Waals surface area contributed by atoms with Gasteiger partial charge in [-0.05, 0) is 6.92 Å². The summed E-state index contributed by atoms with van der Waals surface area (Å²) < 4.78 is 32.3. The first-order valence-electron chi connectivity index (χ1n) is 6.90. The standard InChI is InChI=1S/C14H21N3O4S/c1-9(12-15-7-11(21-12)14(2,3)4)22(19,20)13-16-6-10(8-18)17(13)5/h6-7,9,18H,8H2,1-5H3/t9-/m0/s1. The summed E-state index contributed by atoms with van der Waals surface area (Å²) in [6.07, 6.45) is 2.90. The fraction of sp³-hybridized carbons (Fsp3) is 0.571. The van der Waals surface area contributed by atoms with Crippen LogP contribution in [-0.2, 0) is 28.9 Å². The number of hydrogen-bond donors (Lipinski definition) is 1. The molecule has 0 aliphatic rings. The van der Waals surface area contributed by atoms with E-state index >= 15 is 0 Å². The van der Waals surface area contributed by atoms with Gasteiger partial charge in [0.05, 0.1) is 24.7 Å². The van der Waals surface area contributed by atoms with Crippen LogP contribution in [0, 0.1) is 0 Å². The third-order valence-corrected chi connectivity index (χ3v) is 5.55. The van der Waals surface area contributed by atoms with Crippen molar-refractivity contribution in [2.45, 2.75) is 50.1 Å². The highest BCUT2D eigenvalue weighted by Gasteiger charge is 2.33. The Labute approximate surface area is 129 Å². The van der Waals surface area contributed by atoms with E-state index in [2.05, 4.69) is 9.97 Å². The largest absolute Gasteiger partial charge is 0.444 e. The van der Waals surface area contributed by atoms with Gasteiger partial charge in [0, 0.05) is 12.5 Å². The second-order valence-electron chi connectivity index (χ2n) is 6.25. The first-order chi connectivity index (χ1) is 10.1. The normalized spacial score (nSPS) is 14.3. The maximum absolute atomic E-state index is 12.7. The van der Waals surface area contributed by atoms with Crippen molar-refractivity contribution in [3.8, 4) is 0 Å². The van der Waals surface area contributed by atoms with Gasteiger partial charge in [-0.1, -0.05) is 20.8 Å². The molecule has 0 fully saturated rings. The number of aliphatic hydroxyl groups is 1. The van der Waals surface area contributed by atoms with Crippen LogP contribution in [0.25, 0.3) is 0 Å². The van der Waals surface area contributed by atoms with E-state index in [1.165, 1.54) is 17.7 Å².